The molecule has 3 heteroatoms. The number of fused-ring (bicyclic) bond motifs is 8. The van der Waals surface area contributed by atoms with E-state index < -0.39 is 21.3 Å². The van der Waals surface area contributed by atoms with E-state index in [9.17, 15) is 0 Å². The minimum absolute atomic E-state index is 0. The Morgan fingerprint density at radius 2 is 1.07 bits per heavy atom. The van der Waals surface area contributed by atoms with Gasteiger partial charge in [0.2, 0.25) is 0 Å². The summed E-state index contributed by atoms with van der Waals surface area (Å²) >= 11 is -2.70. The van der Waals surface area contributed by atoms with Gasteiger partial charge in [-0.1, -0.05) is 0 Å². The van der Waals surface area contributed by atoms with E-state index in [4.69, 9.17) is 0 Å². The molecule has 0 N–H and O–H groups in total. The Morgan fingerprint density at radius 3 is 1.69 bits per heavy atom. The van der Waals surface area contributed by atoms with Crippen LogP contribution < -0.4 is 0 Å². The van der Waals surface area contributed by atoms with Gasteiger partial charge in [-0.25, -0.2) is 0 Å². The second-order valence-electron chi connectivity index (χ2n) is 10.7. The van der Waals surface area contributed by atoms with Gasteiger partial charge in [0, 0.05) is 0 Å². The molecule has 1 atom stereocenters. The molecule has 1 unspecified atom stereocenters. The summed E-state index contributed by atoms with van der Waals surface area (Å²) in [6.45, 7) is 0. The normalized spacial score (nSPS) is 14.5. The van der Waals surface area contributed by atoms with Gasteiger partial charge in [0.1, 0.15) is 0 Å². The average molecular weight is 661 g/mol. The third-order valence-corrected chi connectivity index (χ3v) is 16.9. The van der Waals surface area contributed by atoms with E-state index in [1.807, 2.05) is 0 Å². The quantitative estimate of drug-likeness (QED) is 0.165. The van der Waals surface area contributed by atoms with Crippen molar-refractivity contribution in [3.05, 3.63) is 177 Å². The van der Waals surface area contributed by atoms with Gasteiger partial charge in [-0.05, 0) is 0 Å². The fourth-order valence-electron chi connectivity index (χ4n) is 7.01. The third kappa shape index (κ3) is 4.60. The van der Waals surface area contributed by atoms with Crippen molar-refractivity contribution in [2.45, 2.75) is 10.0 Å². The first kappa shape index (κ1) is 28.8. The van der Waals surface area contributed by atoms with E-state index in [1.165, 1.54) is 49.4 Å². The van der Waals surface area contributed by atoms with Crippen LogP contribution in [0.5, 0.6) is 0 Å². The molecule has 0 nitrogen and oxygen atoms in total. The predicted octanol–water partition coefficient (Wildman–Crippen LogP) is 10.6. The van der Waals surface area contributed by atoms with Gasteiger partial charge in [-0.3, -0.25) is 0 Å². The zero-order chi connectivity index (χ0) is 26.5. The molecule has 0 aliphatic heterocycles. The first-order valence-electron chi connectivity index (χ1n) is 14.1. The second kappa shape index (κ2) is 12.1. The topological polar surface area (TPSA) is 0 Å². The third-order valence-electron chi connectivity index (χ3n) is 8.60. The Kier molecular flexibility index (Phi) is 8.29. The maximum Gasteiger partial charge on any atom is -0.147 e. The first-order valence-corrected chi connectivity index (χ1v) is 18.0. The molecular weight excluding hydrogens is 631 g/mol. The zero-order valence-electron chi connectivity index (χ0n) is 23.0. The van der Waals surface area contributed by atoms with E-state index >= 15 is 0 Å². The number of hydrogen-bond donors (Lipinski definition) is 0. The molecule has 0 saturated carbocycles. The number of hydrogen-bond acceptors (Lipinski definition) is 0. The summed E-state index contributed by atoms with van der Waals surface area (Å²) in [6.07, 6.45) is 8.19. The van der Waals surface area contributed by atoms with Crippen molar-refractivity contribution in [1.29, 1.82) is 0 Å². The summed E-state index contributed by atoms with van der Waals surface area (Å²) in [7, 11) is 0. The van der Waals surface area contributed by atoms with Crippen LogP contribution in [0.3, 0.4) is 0 Å². The molecule has 0 radical (unpaired) electrons. The van der Waals surface area contributed by atoms with Crippen molar-refractivity contribution in [2.75, 3.05) is 0 Å². The van der Waals surface area contributed by atoms with Crippen LogP contribution in [-0.2, 0) is 21.3 Å². The smallest absolute Gasteiger partial charge is 0.147 e. The molecule has 6 aromatic rings. The molecule has 0 spiro atoms. The molecule has 2 aliphatic carbocycles. The summed E-state index contributed by atoms with van der Waals surface area (Å²) in [6, 6.07) is 50.0. The van der Waals surface area contributed by atoms with Crippen molar-refractivity contribution in [3.8, 4) is 11.1 Å². The number of halogens is 2. The predicted molar refractivity (Wildman–Crippen MR) is 181 cm³/mol. The fraction of sp³-hybridized carbons (Fsp3) is 0.0513. The summed E-state index contributed by atoms with van der Waals surface area (Å²) < 4.78 is 3.67. The molecule has 8 rings (SSSR count). The van der Waals surface area contributed by atoms with Crippen LogP contribution in [0, 0.1) is 0 Å². The van der Waals surface area contributed by atoms with E-state index in [0.29, 0.717) is 3.63 Å². The Balaban J connectivity index is 0.00000158. The molecule has 0 bridgehead atoms. The van der Waals surface area contributed by atoms with E-state index in [0.717, 1.165) is 6.42 Å². The zero-order valence-corrected chi connectivity index (χ0v) is 27.1. The monoisotopic (exact) mass is 658 g/mol. The Hall–Kier alpha value is -3.35. The molecule has 6 aromatic carbocycles. The first-order chi connectivity index (χ1) is 19.9. The van der Waals surface area contributed by atoms with Gasteiger partial charge < -0.3 is 0 Å². The Labute approximate surface area is 267 Å². The molecule has 0 fully saturated rings. The van der Waals surface area contributed by atoms with Gasteiger partial charge in [0.05, 0.1) is 0 Å². The minimum atomic E-state index is -2.70. The van der Waals surface area contributed by atoms with Crippen LogP contribution in [0.4, 0.5) is 0 Å². The maximum absolute atomic E-state index is 2.70. The summed E-state index contributed by atoms with van der Waals surface area (Å²) in [5, 5.41) is 5.53. The molecule has 42 heavy (non-hydrogen) atoms. The van der Waals surface area contributed by atoms with E-state index in [1.54, 1.807) is 12.1 Å². The molecule has 204 valence electrons. The molecule has 2 aliphatic rings. The van der Waals surface area contributed by atoms with Gasteiger partial charge in [-0.2, -0.15) is 0 Å². The number of benzene rings is 6. The number of rotatable bonds is 4. The Bertz CT molecular complexity index is 1980. The van der Waals surface area contributed by atoms with Gasteiger partial charge in [0.15, 0.2) is 0 Å². The van der Waals surface area contributed by atoms with E-state index in [-0.39, 0.29) is 24.8 Å². The SMILES string of the molecule is C1=CC[C]([Zr](=[C](c2ccccc2)c2ccccc2)[CH]2c3ccccc3-c3c2c2ccccc2c2ccccc32)=C1.Cl.Cl. The molecule has 0 saturated heterocycles. The van der Waals surface area contributed by atoms with Crippen LogP contribution in [0.15, 0.2) is 155 Å². The second-order valence-corrected chi connectivity index (χ2v) is 17.0. The summed E-state index contributed by atoms with van der Waals surface area (Å²) in [4.78, 5) is 0. The molecule has 0 aromatic heterocycles. The van der Waals surface area contributed by atoms with Gasteiger partial charge in [-0.15, -0.1) is 24.8 Å². The largest absolute Gasteiger partial charge is 0.147 e. The van der Waals surface area contributed by atoms with Crippen LogP contribution in [0.2, 0.25) is 0 Å². The van der Waals surface area contributed by atoms with Crippen molar-refractivity contribution < 1.29 is 21.3 Å². The van der Waals surface area contributed by atoms with Crippen molar-refractivity contribution in [3.63, 3.8) is 0 Å². The van der Waals surface area contributed by atoms with Crippen LogP contribution in [0.1, 0.15) is 32.3 Å². The fourth-order valence-corrected chi connectivity index (χ4v) is 16.1. The van der Waals surface area contributed by atoms with Gasteiger partial charge in [0.25, 0.3) is 0 Å². The summed E-state index contributed by atoms with van der Waals surface area (Å²) in [5.41, 5.74) is 8.72. The number of allylic oxidation sites excluding steroid dienone is 4. The minimum Gasteiger partial charge on any atom is -0.147 e. The Morgan fingerprint density at radius 1 is 0.548 bits per heavy atom. The summed E-state index contributed by atoms with van der Waals surface area (Å²) in [5.74, 6) is 0. The van der Waals surface area contributed by atoms with Crippen molar-refractivity contribution >= 4 is 49.6 Å². The molecule has 0 heterocycles. The van der Waals surface area contributed by atoms with Crippen LogP contribution in [0.25, 0.3) is 32.7 Å². The molecule has 0 amide bonds. The van der Waals surface area contributed by atoms with Crippen LogP contribution >= 0.6 is 24.8 Å². The van der Waals surface area contributed by atoms with E-state index in [2.05, 4.69) is 152 Å². The standard InChI is InChI=1S/C21H13.C13H10.C5H5.2ClH.Zr/c1-2-8-15-14(7-1)13-20-18-11-4-3-9-16(18)17-10-5-6-12-19(17)21(15)20;1-3-7-12(8-4-1)11-13-9-5-2-6-10-13;1-2-4-5-3-1;;;/h1-13H;1-10H;1-3H,4H2;2*1H;. The van der Waals surface area contributed by atoms with Crippen molar-refractivity contribution in [2.24, 2.45) is 0 Å². The van der Waals surface area contributed by atoms with Crippen molar-refractivity contribution in [1.82, 2.24) is 0 Å². The average Bonchev–Trinajstić information content (AvgIpc) is 3.68. The van der Waals surface area contributed by atoms with Gasteiger partial charge >= 0.3 is 244 Å². The molecular formula is C39H30Cl2Zr. The van der Waals surface area contributed by atoms with Crippen LogP contribution in [-0.4, -0.2) is 3.21 Å². The maximum atomic E-state index is 2.46.